The van der Waals surface area contributed by atoms with Crippen LogP contribution in [0.15, 0.2) is 46.9 Å². The second-order valence-electron chi connectivity index (χ2n) is 7.76. The lowest BCUT2D eigenvalue weighted by atomic mass is 9.79. The van der Waals surface area contributed by atoms with E-state index in [4.69, 9.17) is 13.7 Å². The van der Waals surface area contributed by atoms with Crippen molar-refractivity contribution in [3.8, 4) is 11.5 Å². The number of benzene rings is 2. The summed E-state index contributed by atoms with van der Waals surface area (Å²) in [5.74, 6) is 0.386. The summed E-state index contributed by atoms with van der Waals surface area (Å²) < 4.78 is 43.4. The van der Waals surface area contributed by atoms with Crippen LogP contribution in [0.4, 0.5) is 8.78 Å². The molecule has 1 aliphatic rings. The molecular weight excluding hydrogens is 351 g/mol. The summed E-state index contributed by atoms with van der Waals surface area (Å²) >= 11 is 0. The van der Waals surface area contributed by atoms with Crippen molar-refractivity contribution in [2.75, 3.05) is 0 Å². The Morgan fingerprint density at radius 2 is 1.56 bits per heavy atom. The molecule has 0 spiro atoms. The Morgan fingerprint density at radius 3 is 2.15 bits per heavy atom. The van der Waals surface area contributed by atoms with Crippen LogP contribution in [0.25, 0.3) is 22.6 Å². The highest BCUT2D eigenvalue weighted by Crippen LogP contribution is 2.36. The minimum absolute atomic E-state index is 0.0297. The van der Waals surface area contributed by atoms with Crippen LogP contribution in [-0.2, 0) is 9.31 Å². The van der Waals surface area contributed by atoms with E-state index >= 15 is 0 Å². The minimum Gasteiger partial charge on any atom is -0.436 e. The van der Waals surface area contributed by atoms with Gasteiger partial charge in [-0.2, -0.15) is 0 Å². The fraction of sp³-hybridized carbons (Fsp3) is 0.350. The average molecular weight is 371 g/mol. The average Bonchev–Trinajstić information content (AvgIpc) is 3.12. The molecular formula is C20H20BF2NO3. The van der Waals surface area contributed by atoms with Gasteiger partial charge in [0, 0.05) is 11.1 Å². The topological polar surface area (TPSA) is 44.5 Å². The Morgan fingerprint density at radius 1 is 0.926 bits per heavy atom. The van der Waals surface area contributed by atoms with Gasteiger partial charge in [-0.3, -0.25) is 0 Å². The quantitative estimate of drug-likeness (QED) is 0.625. The third-order valence-electron chi connectivity index (χ3n) is 5.35. The van der Waals surface area contributed by atoms with Gasteiger partial charge in [-0.1, -0.05) is 18.2 Å². The number of fused-ring (bicyclic) bond motifs is 1. The molecule has 1 saturated heterocycles. The second-order valence-corrected chi connectivity index (χ2v) is 7.76. The van der Waals surface area contributed by atoms with Crippen LogP contribution in [0, 0.1) is 0 Å². The van der Waals surface area contributed by atoms with Crippen LogP contribution in [0.2, 0.25) is 0 Å². The molecule has 7 heteroatoms. The standard InChI is InChI=1S/C20H20BF2NO3/c1-19(2)20(3,4)27-21(26-19)14-9-10-15-16(11-14)25-18(24-15)13-7-5-12(6-8-13)17(22)23/h5-11,17H,1-4H3. The third-order valence-corrected chi connectivity index (χ3v) is 5.35. The van der Waals surface area contributed by atoms with E-state index in [1.54, 1.807) is 12.1 Å². The maximum Gasteiger partial charge on any atom is 0.494 e. The summed E-state index contributed by atoms with van der Waals surface area (Å²) in [6.45, 7) is 8.00. The molecule has 140 valence electrons. The number of hydrogen-bond donors (Lipinski definition) is 0. The van der Waals surface area contributed by atoms with E-state index in [1.165, 1.54) is 12.1 Å². The summed E-state index contributed by atoms with van der Waals surface area (Å²) in [4.78, 5) is 4.45. The maximum atomic E-state index is 12.7. The monoisotopic (exact) mass is 371 g/mol. The van der Waals surface area contributed by atoms with Gasteiger partial charge in [0.15, 0.2) is 5.58 Å². The molecule has 27 heavy (non-hydrogen) atoms. The first-order valence-electron chi connectivity index (χ1n) is 8.81. The molecule has 2 heterocycles. The van der Waals surface area contributed by atoms with Crippen molar-refractivity contribution in [2.24, 2.45) is 0 Å². The van der Waals surface area contributed by atoms with E-state index in [-0.39, 0.29) is 5.56 Å². The molecule has 4 nitrogen and oxygen atoms in total. The van der Waals surface area contributed by atoms with Gasteiger partial charge < -0.3 is 13.7 Å². The van der Waals surface area contributed by atoms with Gasteiger partial charge in [-0.05, 0) is 57.4 Å². The Labute approximate surface area is 156 Å². The van der Waals surface area contributed by atoms with Crippen molar-refractivity contribution < 1.29 is 22.5 Å². The minimum atomic E-state index is -2.50. The Hall–Kier alpha value is -2.25. The number of aromatic nitrogens is 1. The number of alkyl halides is 2. The lowest BCUT2D eigenvalue weighted by Crippen LogP contribution is -2.41. The molecule has 3 aromatic rings. The summed E-state index contributed by atoms with van der Waals surface area (Å²) in [6, 6.07) is 11.5. The summed E-state index contributed by atoms with van der Waals surface area (Å²) in [5, 5.41) is 0. The van der Waals surface area contributed by atoms with E-state index in [1.807, 2.05) is 45.9 Å². The Kier molecular flexibility index (Phi) is 4.12. The lowest BCUT2D eigenvalue weighted by Gasteiger charge is -2.32. The van der Waals surface area contributed by atoms with Crippen LogP contribution in [0.3, 0.4) is 0 Å². The Balaban J connectivity index is 1.65. The maximum absolute atomic E-state index is 12.7. The number of nitrogens with zero attached hydrogens (tertiary/aromatic N) is 1. The van der Waals surface area contributed by atoms with Gasteiger partial charge in [-0.15, -0.1) is 0 Å². The normalized spacial score (nSPS) is 18.6. The van der Waals surface area contributed by atoms with Crippen LogP contribution in [0.5, 0.6) is 0 Å². The summed E-state index contributed by atoms with van der Waals surface area (Å²) in [6.07, 6.45) is -2.50. The van der Waals surface area contributed by atoms with E-state index in [0.717, 1.165) is 5.46 Å². The zero-order valence-electron chi connectivity index (χ0n) is 15.6. The van der Waals surface area contributed by atoms with Gasteiger partial charge in [0.1, 0.15) is 5.52 Å². The van der Waals surface area contributed by atoms with Crippen LogP contribution >= 0.6 is 0 Å². The molecule has 0 radical (unpaired) electrons. The molecule has 1 aromatic heterocycles. The molecule has 0 atom stereocenters. The number of halogens is 2. The second kappa shape index (κ2) is 6.14. The van der Waals surface area contributed by atoms with Crippen LogP contribution < -0.4 is 5.46 Å². The van der Waals surface area contributed by atoms with Gasteiger partial charge in [0.05, 0.1) is 11.2 Å². The van der Waals surface area contributed by atoms with Crippen molar-refractivity contribution in [3.63, 3.8) is 0 Å². The molecule has 0 amide bonds. The molecule has 4 rings (SSSR count). The van der Waals surface area contributed by atoms with Crippen LogP contribution in [-0.4, -0.2) is 23.3 Å². The molecule has 1 fully saturated rings. The summed E-state index contributed by atoms with van der Waals surface area (Å²) in [5.41, 5.74) is 1.89. The highest BCUT2D eigenvalue weighted by molar-refractivity contribution is 6.62. The van der Waals surface area contributed by atoms with Crippen molar-refractivity contribution in [1.29, 1.82) is 0 Å². The highest BCUT2D eigenvalue weighted by Gasteiger charge is 2.51. The molecule has 0 bridgehead atoms. The fourth-order valence-corrected chi connectivity index (χ4v) is 2.96. The molecule has 0 unspecified atom stereocenters. The van der Waals surface area contributed by atoms with E-state index in [0.29, 0.717) is 22.6 Å². The van der Waals surface area contributed by atoms with Gasteiger partial charge in [-0.25, -0.2) is 13.8 Å². The largest absolute Gasteiger partial charge is 0.494 e. The predicted octanol–water partition coefficient (Wildman–Crippen LogP) is 4.73. The number of oxazole rings is 1. The molecule has 0 N–H and O–H groups in total. The van der Waals surface area contributed by atoms with E-state index in [9.17, 15) is 8.78 Å². The summed E-state index contributed by atoms with van der Waals surface area (Å²) in [7, 11) is -0.488. The molecule has 1 aliphatic heterocycles. The zero-order valence-corrected chi connectivity index (χ0v) is 15.6. The SMILES string of the molecule is CC1(C)OB(c2ccc3nc(-c4ccc(C(F)F)cc4)oc3c2)OC1(C)C. The number of rotatable bonds is 3. The van der Waals surface area contributed by atoms with E-state index < -0.39 is 24.7 Å². The van der Waals surface area contributed by atoms with Crippen molar-refractivity contribution in [3.05, 3.63) is 48.0 Å². The Bertz CT molecular complexity index is 967. The number of hydrogen-bond acceptors (Lipinski definition) is 4. The van der Waals surface area contributed by atoms with Gasteiger partial charge >= 0.3 is 7.12 Å². The molecule has 0 saturated carbocycles. The molecule has 0 aliphatic carbocycles. The predicted molar refractivity (Wildman–Crippen MR) is 100 cm³/mol. The smallest absolute Gasteiger partial charge is 0.436 e. The third kappa shape index (κ3) is 3.15. The van der Waals surface area contributed by atoms with Gasteiger partial charge in [0.25, 0.3) is 6.43 Å². The lowest BCUT2D eigenvalue weighted by molar-refractivity contribution is 0.00578. The first-order valence-corrected chi connectivity index (χ1v) is 8.81. The first-order chi connectivity index (χ1) is 12.7. The first kappa shape index (κ1) is 18.1. The zero-order chi connectivity index (χ0) is 19.4. The van der Waals surface area contributed by atoms with Crippen molar-refractivity contribution in [1.82, 2.24) is 4.98 Å². The van der Waals surface area contributed by atoms with Crippen LogP contribution in [0.1, 0.15) is 39.7 Å². The van der Waals surface area contributed by atoms with E-state index in [2.05, 4.69) is 4.98 Å². The molecule has 2 aromatic carbocycles. The van der Waals surface area contributed by atoms with Crippen molar-refractivity contribution >= 4 is 23.7 Å². The van der Waals surface area contributed by atoms with Gasteiger partial charge in [0.2, 0.25) is 5.89 Å². The highest BCUT2D eigenvalue weighted by atomic mass is 19.3. The van der Waals surface area contributed by atoms with Crippen molar-refractivity contribution in [2.45, 2.75) is 45.3 Å². The fourth-order valence-electron chi connectivity index (χ4n) is 2.96.